The van der Waals surface area contributed by atoms with Crippen molar-refractivity contribution in [3.63, 3.8) is 0 Å². The van der Waals surface area contributed by atoms with Crippen LogP contribution in [-0.2, 0) is 7.05 Å². The van der Waals surface area contributed by atoms with E-state index in [2.05, 4.69) is 0 Å². The number of nitro groups is 1. The number of hydrogen-bond donors (Lipinski definition) is 0. The maximum Gasteiger partial charge on any atom is 0.277 e. The average molecular weight is 280 g/mol. The Kier molecular flexibility index (Phi) is 3.02. The molecular formula is C16H12N2O3. The fourth-order valence-corrected chi connectivity index (χ4v) is 2.48. The fraction of sp³-hybridized carbons (Fsp3) is 0.0625. The van der Waals surface area contributed by atoms with E-state index in [0.29, 0.717) is 11.1 Å². The normalized spacial score (nSPS) is 10.7. The van der Waals surface area contributed by atoms with Gasteiger partial charge in [0.15, 0.2) is 0 Å². The summed E-state index contributed by atoms with van der Waals surface area (Å²) in [6.45, 7) is 0. The Hall–Kier alpha value is -2.95. The van der Waals surface area contributed by atoms with Crippen molar-refractivity contribution >= 4 is 16.6 Å². The Morgan fingerprint density at radius 2 is 1.67 bits per heavy atom. The van der Waals surface area contributed by atoms with E-state index >= 15 is 0 Å². The smallest absolute Gasteiger partial charge is 0.277 e. The molecule has 0 bridgehead atoms. The van der Waals surface area contributed by atoms with Crippen molar-refractivity contribution in [2.45, 2.75) is 0 Å². The second-order valence-corrected chi connectivity index (χ2v) is 4.76. The molecule has 0 aliphatic heterocycles. The Labute approximate surface area is 120 Å². The van der Waals surface area contributed by atoms with Gasteiger partial charge >= 0.3 is 0 Å². The number of pyridine rings is 1. The molecular weight excluding hydrogens is 268 g/mol. The van der Waals surface area contributed by atoms with Gasteiger partial charge in [-0.3, -0.25) is 14.9 Å². The number of aryl methyl sites for hydroxylation is 1. The third kappa shape index (κ3) is 2.08. The zero-order valence-electron chi connectivity index (χ0n) is 11.3. The summed E-state index contributed by atoms with van der Waals surface area (Å²) in [5, 5.41) is 12.0. The summed E-state index contributed by atoms with van der Waals surface area (Å²) in [5.74, 6) is 0. The molecule has 2 aromatic carbocycles. The number of fused-ring (bicyclic) bond motifs is 1. The van der Waals surface area contributed by atoms with Gasteiger partial charge in [0.2, 0.25) is 0 Å². The van der Waals surface area contributed by atoms with E-state index in [1.54, 1.807) is 31.3 Å². The SMILES string of the molecule is Cn1c(=O)c(-c2ccccc2[N+](=O)[O-])cc2ccccc21. The Balaban J connectivity index is 2.39. The molecule has 5 heteroatoms. The van der Waals surface area contributed by atoms with Crippen molar-refractivity contribution in [1.29, 1.82) is 0 Å². The van der Waals surface area contributed by atoms with Gasteiger partial charge in [-0.15, -0.1) is 0 Å². The molecule has 0 aliphatic carbocycles. The van der Waals surface area contributed by atoms with Crippen LogP contribution in [0.4, 0.5) is 5.69 Å². The van der Waals surface area contributed by atoms with Gasteiger partial charge in [0.05, 0.1) is 21.6 Å². The van der Waals surface area contributed by atoms with Gasteiger partial charge in [-0.2, -0.15) is 0 Å². The van der Waals surface area contributed by atoms with E-state index in [-0.39, 0.29) is 11.2 Å². The molecule has 5 nitrogen and oxygen atoms in total. The van der Waals surface area contributed by atoms with Gasteiger partial charge in [-0.1, -0.05) is 30.3 Å². The van der Waals surface area contributed by atoms with Crippen LogP contribution in [0.15, 0.2) is 59.4 Å². The topological polar surface area (TPSA) is 65.1 Å². The minimum atomic E-state index is -0.468. The van der Waals surface area contributed by atoms with Crippen LogP contribution in [-0.4, -0.2) is 9.49 Å². The molecule has 0 spiro atoms. The van der Waals surface area contributed by atoms with Crippen LogP contribution < -0.4 is 5.56 Å². The zero-order chi connectivity index (χ0) is 15.0. The first-order chi connectivity index (χ1) is 10.1. The van der Waals surface area contributed by atoms with E-state index in [4.69, 9.17) is 0 Å². The first kappa shape index (κ1) is 13.1. The number of hydrogen-bond acceptors (Lipinski definition) is 3. The molecule has 1 aromatic heterocycles. The van der Waals surface area contributed by atoms with Crippen LogP contribution in [0.25, 0.3) is 22.0 Å². The molecule has 3 rings (SSSR count). The van der Waals surface area contributed by atoms with Crippen molar-refractivity contribution in [3.05, 3.63) is 75.1 Å². The van der Waals surface area contributed by atoms with E-state index in [1.807, 2.05) is 24.3 Å². The summed E-state index contributed by atoms with van der Waals surface area (Å²) in [6.07, 6.45) is 0. The van der Waals surface area contributed by atoms with E-state index in [0.717, 1.165) is 10.9 Å². The van der Waals surface area contributed by atoms with Gasteiger partial charge in [0, 0.05) is 13.1 Å². The lowest BCUT2D eigenvalue weighted by Crippen LogP contribution is -2.19. The predicted octanol–water partition coefficient (Wildman–Crippen LogP) is 3.11. The molecule has 104 valence electrons. The summed E-state index contributed by atoms with van der Waals surface area (Å²) in [5.41, 5.74) is 1.16. The van der Waals surface area contributed by atoms with Crippen molar-refractivity contribution in [3.8, 4) is 11.1 Å². The standard InChI is InChI=1S/C16H12N2O3/c1-17-14-8-4-2-6-11(14)10-13(16(17)19)12-7-3-5-9-15(12)18(20)21/h2-10H,1H3. The Bertz CT molecular complexity index is 913. The molecule has 21 heavy (non-hydrogen) atoms. The number of aromatic nitrogens is 1. The quantitative estimate of drug-likeness (QED) is 0.535. The Morgan fingerprint density at radius 1 is 1.00 bits per heavy atom. The van der Waals surface area contributed by atoms with Crippen molar-refractivity contribution in [1.82, 2.24) is 4.57 Å². The zero-order valence-corrected chi connectivity index (χ0v) is 11.3. The highest BCUT2D eigenvalue weighted by Gasteiger charge is 2.18. The Morgan fingerprint density at radius 3 is 2.43 bits per heavy atom. The van der Waals surface area contributed by atoms with Crippen LogP contribution in [0.5, 0.6) is 0 Å². The summed E-state index contributed by atoms with van der Waals surface area (Å²) in [4.78, 5) is 23.2. The molecule has 0 radical (unpaired) electrons. The average Bonchev–Trinajstić information content (AvgIpc) is 2.51. The van der Waals surface area contributed by atoms with Crippen molar-refractivity contribution in [2.75, 3.05) is 0 Å². The van der Waals surface area contributed by atoms with Gasteiger partial charge in [0.1, 0.15) is 0 Å². The summed E-state index contributed by atoms with van der Waals surface area (Å²) in [6, 6.07) is 15.5. The van der Waals surface area contributed by atoms with Crippen LogP contribution in [0.2, 0.25) is 0 Å². The lowest BCUT2D eigenvalue weighted by Gasteiger charge is -2.09. The van der Waals surface area contributed by atoms with Crippen LogP contribution in [0.3, 0.4) is 0 Å². The van der Waals surface area contributed by atoms with E-state index in [1.165, 1.54) is 10.6 Å². The summed E-state index contributed by atoms with van der Waals surface area (Å²) < 4.78 is 1.52. The van der Waals surface area contributed by atoms with E-state index in [9.17, 15) is 14.9 Å². The molecule has 0 aliphatic rings. The number of nitro benzene ring substituents is 1. The second-order valence-electron chi connectivity index (χ2n) is 4.76. The first-order valence-electron chi connectivity index (χ1n) is 6.42. The lowest BCUT2D eigenvalue weighted by atomic mass is 10.0. The molecule has 0 N–H and O–H groups in total. The van der Waals surface area contributed by atoms with Crippen molar-refractivity contribution in [2.24, 2.45) is 7.05 Å². The highest BCUT2D eigenvalue weighted by atomic mass is 16.6. The molecule has 0 fully saturated rings. The molecule has 3 aromatic rings. The van der Waals surface area contributed by atoms with Gasteiger partial charge < -0.3 is 4.57 Å². The molecule has 0 atom stereocenters. The monoisotopic (exact) mass is 280 g/mol. The number of rotatable bonds is 2. The van der Waals surface area contributed by atoms with Crippen LogP contribution >= 0.6 is 0 Å². The highest BCUT2D eigenvalue weighted by Crippen LogP contribution is 2.28. The largest absolute Gasteiger partial charge is 0.311 e. The minimum Gasteiger partial charge on any atom is -0.311 e. The third-order valence-corrected chi connectivity index (χ3v) is 3.52. The molecule has 0 amide bonds. The number of benzene rings is 2. The minimum absolute atomic E-state index is 0.0649. The number of nitrogens with zero attached hydrogens (tertiary/aromatic N) is 2. The molecule has 1 heterocycles. The summed E-state index contributed by atoms with van der Waals surface area (Å²) >= 11 is 0. The van der Waals surface area contributed by atoms with Crippen LogP contribution in [0, 0.1) is 10.1 Å². The second kappa shape index (κ2) is 4.86. The third-order valence-electron chi connectivity index (χ3n) is 3.52. The van der Waals surface area contributed by atoms with Gasteiger partial charge in [-0.25, -0.2) is 0 Å². The van der Waals surface area contributed by atoms with Gasteiger partial charge in [0.25, 0.3) is 11.2 Å². The molecule has 0 unspecified atom stereocenters. The highest BCUT2D eigenvalue weighted by molar-refractivity contribution is 5.85. The van der Waals surface area contributed by atoms with E-state index < -0.39 is 4.92 Å². The fourth-order valence-electron chi connectivity index (χ4n) is 2.48. The predicted molar refractivity (Wildman–Crippen MR) is 81.3 cm³/mol. The van der Waals surface area contributed by atoms with Crippen LogP contribution in [0.1, 0.15) is 0 Å². The van der Waals surface area contributed by atoms with Crippen molar-refractivity contribution < 1.29 is 4.92 Å². The van der Waals surface area contributed by atoms with Gasteiger partial charge in [-0.05, 0) is 23.6 Å². The molecule has 0 saturated carbocycles. The maximum atomic E-state index is 12.5. The number of para-hydroxylation sites is 2. The molecule has 0 saturated heterocycles. The maximum absolute atomic E-state index is 12.5. The lowest BCUT2D eigenvalue weighted by molar-refractivity contribution is -0.384. The summed E-state index contributed by atoms with van der Waals surface area (Å²) in [7, 11) is 1.67. The first-order valence-corrected chi connectivity index (χ1v) is 6.42.